The molecule has 0 spiro atoms. The third kappa shape index (κ3) is 3.69. The highest BCUT2D eigenvalue weighted by atomic mass is 19.4. The SMILES string of the molecule is C1=CCC2CNCC2=C1.O=C(O)C(F)(F)F. The van der Waals surface area contributed by atoms with Gasteiger partial charge in [-0.3, -0.25) is 0 Å². The Morgan fingerprint density at radius 2 is 2.12 bits per heavy atom. The number of aliphatic carboxylic acids is 1. The van der Waals surface area contributed by atoms with E-state index >= 15 is 0 Å². The van der Waals surface area contributed by atoms with E-state index in [9.17, 15) is 13.2 Å². The summed E-state index contributed by atoms with van der Waals surface area (Å²) in [6.07, 6.45) is 2.83. The number of carboxylic acid groups (broad SMARTS) is 1. The summed E-state index contributed by atoms with van der Waals surface area (Å²) in [6, 6.07) is 0. The van der Waals surface area contributed by atoms with E-state index in [2.05, 4.69) is 23.5 Å². The molecule has 0 amide bonds. The molecule has 1 aliphatic heterocycles. The van der Waals surface area contributed by atoms with Crippen LogP contribution in [0.5, 0.6) is 0 Å². The van der Waals surface area contributed by atoms with E-state index in [-0.39, 0.29) is 0 Å². The van der Waals surface area contributed by atoms with Crippen molar-refractivity contribution in [3.63, 3.8) is 0 Å². The molecule has 2 aliphatic rings. The van der Waals surface area contributed by atoms with Crippen LogP contribution in [0, 0.1) is 5.92 Å². The topological polar surface area (TPSA) is 49.3 Å². The molecule has 6 heteroatoms. The largest absolute Gasteiger partial charge is 0.490 e. The van der Waals surface area contributed by atoms with Crippen LogP contribution in [0.1, 0.15) is 6.42 Å². The van der Waals surface area contributed by atoms with Gasteiger partial charge in [0.2, 0.25) is 0 Å². The van der Waals surface area contributed by atoms with Crippen molar-refractivity contribution in [3.8, 4) is 0 Å². The number of hydrogen-bond acceptors (Lipinski definition) is 2. The quantitative estimate of drug-likeness (QED) is 0.672. The Hall–Kier alpha value is -1.30. The first kappa shape index (κ1) is 12.8. The van der Waals surface area contributed by atoms with E-state index in [1.54, 1.807) is 5.57 Å². The Kier molecular flexibility index (Phi) is 4.12. The second-order valence-electron chi connectivity index (χ2n) is 3.54. The Morgan fingerprint density at radius 3 is 2.62 bits per heavy atom. The number of carbonyl (C=O) groups is 1. The van der Waals surface area contributed by atoms with Gasteiger partial charge in [-0.05, 0) is 12.3 Å². The normalized spacial score (nSPS) is 22.9. The molecule has 0 bridgehead atoms. The monoisotopic (exact) mass is 235 g/mol. The van der Waals surface area contributed by atoms with Gasteiger partial charge in [0.1, 0.15) is 0 Å². The van der Waals surface area contributed by atoms with Crippen molar-refractivity contribution in [2.45, 2.75) is 12.6 Å². The van der Waals surface area contributed by atoms with Crippen LogP contribution in [0.25, 0.3) is 0 Å². The molecule has 1 heterocycles. The number of fused-ring (bicyclic) bond motifs is 1. The van der Waals surface area contributed by atoms with Crippen LogP contribution >= 0.6 is 0 Å². The predicted molar refractivity (Wildman–Crippen MR) is 51.9 cm³/mol. The summed E-state index contributed by atoms with van der Waals surface area (Å²) in [5.74, 6) is -1.93. The molecule has 90 valence electrons. The lowest BCUT2D eigenvalue weighted by Gasteiger charge is -2.09. The summed E-state index contributed by atoms with van der Waals surface area (Å²) in [5.41, 5.74) is 1.59. The first-order chi connectivity index (χ1) is 7.41. The summed E-state index contributed by atoms with van der Waals surface area (Å²) in [7, 11) is 0. The minimum atomic E-state index is -5.08. The van der Waals surface area contributed by atoms with Gasteiger partial charge in [-0.2, -0.15) is 13.2 Å². The van der Waals surface area contributed by atoms with Gasteiger partial charge in [0.05, 0.1) is 0 Å². The van der Waals surface area contributed by atoms with Gasteiger partial charge in [0.15, 0.2) is 0 Å². The molecule has 0 saturated carbocycles. The molecule has 16 heavy (non-hydrogen) atoms. The zero-order valence-corrected chi connectivity index (χ0v) is 8.42. The molecule has 0 aromatic heterocycles. The number of nitrogens with one attached hydrogen (secondary N) is 1. The fraction of sp³-hybridized carbons (Fsp3) is 0.500. The van der Waals surface area contributed by atoms with Gasteiger partial charge in [0, 0.05) is 13.1 Å². The van der Waals surface area contributed by atoms with E-state index in [4.69, 9.17) is 9.90 Å². The van der Waals surface area contributed by atoms with Crippen molar-refractivity contribution in [2.75, 3.05) is 13.1 Å². The Balaban J connectivity index is 0.000000168. The van der Waals surface area contributed by atoms with Crippen molar-refractivity contribution < 1.29 is 23.1 Å². The van der Waals surface area contributed by atoms with E-state index in [1.165, 1.54) is 13.0 Å². The lowest BCUT2D eigenvalue weighted by molar-refractivity contribution is -0.192. The Morgan fingerprint density at radius 1 is 1.50 bits per heavy atom. The van der Waals surface area contributed by atoms with Crippen LogP contribution in [0.2, 0.25) is 0 Å². The first-order valence-corrected chi connectivity index (χ1v) is 4.77. The number of rotatable bonds is 0. The standard InChI is InChI=1S/C8H11N.C2HF3O2/c1-2-4-8-6-9-5-7(8)3-1;3-2(4,5)1(6)7/h1-3,8-9H,4-6H2;(H,6,7). The smallest absolute Gasteiger partial charge is 0.475 e. The highest BCUT2D eigenvalue weighted by Gasteiger charge is 2.38. The molecule has 2 N–H and O–H groups in total. The molecule has 1 fully saturated rings. The maximum Gasteiger partial charge on any atom is 0.490 e. The molecule has 1 atom stereocenters. The summed E-state index contributed by atoms with van der Waals surface area (Å²) in [4.78, 5) is 8.90. The van der Waals surface area contributed by atoms with E-state index in [0.29, 0.717) is 0 Å². The van der Waals surface area contributed by atoms with E-state index < -0.39 is 12.1 Å². The zero-order valence-electron chi connectivity index (χ0n) is 8.42. The molecule has 1 saturated heterocycles. The molecular formula is C10H12F3NO2. The number of allylic oxidation sites excluding steroid dienone is 3. The molecule has 0 aromatic carbocycles. The molecule has 3 nitrogen and oxygen atoms in total. The average Bonchev–Trinajstić information content (AvgIpc) is 2.64. The Bertz CT molecular complexity index is 321. The minimum absolute atomic E-state index is 0.829. The fourth-order valence-corrected chi connectivity index (χ4v) is 1.53. The highest BCUT2D eigenvalue weighted by Crippen LogP contribution is 2.22. The summed E-state index contributed by atoms with van der Waals surface area (Å²) in [6.45, 7) is 2.31. The van der Waals surface area contributed by atoms with Crippen LogP contribution in [0.4, 0.5) is 13.2 Å². The van der Waals surface area contributed by atoms with Crippen molar-refractivity contribution in [1.29, 1.82) is 0 Å². The molecule has 1 aliphatic carbocycles. The van der Waals surface area contributed by atoms with Crippen molar-refractivity contribution in [3.05, 3.63) is 23.8 Å². The van der Waals surface area contributed by atoms with Gasteiger partial charge in [-0.1, -0.05) is 23.8 Å². The Labute approximate surface area is 90.6 Å². The minimum Gasteiger partial charge on any atom is -0.475 e. The number of halogens is 3. The van der Waals surface area contributed by atoms with Gasteiger partial charge in [-0.15, -0.1) is 0 Å². The molecule has 0 radical (unpaired) electrons. The third-order valence-electron chi connectivity index (χ3n) is 2.35. The molecular weight excluding hydrogens is 223 g/mol. The van der Waals surface area contributed by atoms with Crippen LogP contribution in [0.3, 0.4) is 0 Å². The first-order valence-electron chi connectivity index (χ1n) is 4.77. The predicted octanol–water partition coefficient (Wildman–Crippen LogP) is 1.73. The zero-order chi connectivity index (χ0) is 12.2. The summed E-state index contributed by atoms with van der Waals surface area (Å²) in [5, 5.41) is 10.5. The van der Waals surface area contributed by atoms with Crippen LogP contribution in [-0.2, 0) is 4.79 Å². The maximum atomic E-state index is 10.6. The number of hydrogen-bond donors (Lipinski definition) is 2. The van der Waals surface area contributed by atoms with E-state index in [0.717, 1.165) is 12.5 Å². The van der Waals surface area contributed by atoms with E-state index in [1.807, 2.05) is 0 Å². The maximum absolute atomic E-state index is 10.6. The average molecular weight is 235 g/mol. The van der Waals surface area contributed by atoms with Crippen LogP contribution in [0.15, 0.2) is 23.8 Å². The second-order valence-corrected chi connectivity index (χ2v) is 3.54. The van der Waals surface area contributed by atoms with Gasteiger partial charge >= 0.3 is 12.1 Å². The molecule has 1 unspecified atom stereocenters. The molecule has 0 aromatic rings. The van der Waals surface area contributed by atoms with Crippen LogP contribution in [-0.4, -0.2) is 30.3 Å². The second kappa shape index (κ2) is 5.16. The number of alkyl halides is 3. The van der Waals surface area contributed by atoms with Gasteiger partial charge in [-0.25, -0.2) is 4.79 Å². The van der Waals surface area contributed by atoms with Crippen molar-refractivity contribution in [1.82, 2.24) is 5.32 Å². The van der Waals surface area contributed by atoms with Crippen molar-refractivity contribution in [2.24, 2.45) is 5.92 Å². The van der Waals surface area contributed by atoms with Gasteiger partial charge in [0.25, 0.3) is 0 Å². The fourth-order valence-electron chi connectivity index (χ4n) is 1.53. The highest BCUT2D eigenvalue weighted by molar-refractivity contribution is 5.73. The molecule has 2 rings (SSSR count). The third-order valence-corrected chi connectivity index (χ3v) is 2.35. The lowest BCUT2D eigenvalue weighted by Crippen LogP contribution is -2.21. The lowest BCUT2D eigenvalue weighted by atomic mass is 9.95. The summed E-state index contributed by atoms with van der Waals surface area (Å²) >= 11 is 0. The summed E-state index contributed by atoms with van der Waals surface area (Å²) < 4.78 is 31.7. The van der Waals surface area contributed by atoms with Crippen molar-refractivity contribution >= 4 is 5.97 Å². The van der Waals surface area contributed by atoms with Gasteiger partial charge < -0.3 is 10.4 Å². The number of carboxylic acids is 1. The van der Waals surface area contributed by atoms with Crippen LogP contribution < -0.4 is 5.32 Å².